The van der Waals surface area contributed by atoms with Crippen LogP contribution in [0.15, 0.2) is 24.3 Å². The molecular weight excluding hydrogens is 238 g/mol. The number of fused-ring (bicyclic) bond motifs is 1. The van der Waals surface area contributed by atoms with Gasteiger partial charge in [-0.1, -0.05) is 18.2 Å². The number of nitrogens with one attached hydrogen (secondary N) is 2. The number of hydrogen-bond acceptors (Lipinski definition) is 3. The van der Waals surface area contributed by atoms with Crippen LogP contribution in [-0.4, -0.2) is 31.1 Å². The van der Waals surface area contributed by atoms with Crippen molar-refractivity contribution < 1.29 is 4.79 Å². The van der Waals surface area contributed by atoms with Crippen molar-refractivity contribution in [3.8, 4) is 0 Å². The molecule has 4 heteroatoms. The number of benzene rings is 1. The third kappa shape index (κ3) is 2.73. The summed E-state index contributed by atoms with van der Waals surface area (Å²) < 4.78 is 0. The number of para-hydroxylation sites is 1. The standard InChI is InChI=1S/C15H21N3O/c1-11-9-18(10-13-6-7-15(19)17-13)14-5-3-2-4-12(14)8-16-11/h2-5,11,13,16H,6-10H2,1H3,(H,17,19). The predicted molar refractivity (Wildman–Crippen MR) is 76.1 cm³/mol. The second-order valence-electron chi connectivity index (χ2n) is 5.62. The van der Waals surface area contributed by atoms with Gasteiger partial charge in [-0.25, -0.2) is 0 Å². The van der Waals surface area contributed by atoms with Crippen LogP contribution in [-0.2, 0) is 11.3 Å². The zero-order chi connectivity index (χ0) is 13.2. The van der Waals surface area contributed by atoms with Gasteiger partial charge in [-0.3, -0.25) is 4.79 Å². The van der Waals surface area contributed by atoms with E-state index in [1.54, 1.807) is 0 Å². The molecule has 4 nitrogen and oxygen atoms in total. The van der Waals surface area contributed by atoms with E-state index in [2.05, 4.69) is 46.7 Å². The molecule has 2 aliphatic heterocycles. The minimum Gasteiger partial charge on any atom is -0.368 e. The fourth-order valence-corrected chi connectivity index (χ4v) is 3.00. The minimum absolute atomic E-state index is 0.194. The average Bonchev–Trinajstić information content (AvgIpc) is 2.74. The molecule has 0 aromatic heterocycles. The second kappa shape index (κ2) is 5.21. The van der Waals surface area contributed by atoms with E-state index in [0.29, 0.717) is 18.5 Å². The normalized spacial score (nSPS) is 26.8. The van der Waals surface area contributed by atoms with Crippen LogP contribution >= 0.6 is 0 Å². The first kappa shape index (κ1) is 12.5. The summed E-state index contributed by atoms with van der Waals surface area (Å²) in [6, 6.07) is 9.31. The molecule has 0 saturated carbocycles. The largest absolute Gasteiger partial charge is 0.368 e. The SMILES string of the molecule is CC1CN(CC2CCC(=O)N2)c2ccccc2CN1. The topological polar surface area (TPSA) is 44.4 Å². The minimum atomic E-state index is 0.194. The quantitative estimate of drug-likeness (QED) is 0.840. The van der Waals surface area contributed by atoms with Crippen LogP contribution in [0, 0.1) is 0 Å². The third-order valence-corrected chi connectivity index (χ3v) is 3.99. The highest BCUT2D eigenvalue weighted by atomic mass is 16.1. The van der Waals surface area contributed by atoms with Gasteiger partial charge in [-0.2, -0.15) is 0 Å². The number of carbonyl (C=O) groups excluding carboxylic acids is 1. The molecule has 0 bridgehead atoms. The lowest BCUT2D eigenvalue weighted by Gasteiger charge is -2.29. The molecule has 1 fully saturated rings. The Morgan fingerprint density at radius 2 is 2.21 bits per heavy atom. The predicted octanol–water partition coefficient (Wildman–Crippen LogP) is 1.26. The fraction of sp³-hybridized carbons (Fsp3) is 0.533. The summed E-state index contributed by atoms with van der Waals surface area (Å²) in [6.07, 6.45) is 1.63. The van der Waals surface area contributed by atoms with E-state index in [-0.39, 0.29) is 5.91 Å². The lowest BCUT2D eigenvalue weighted by Crippen LogP contribution is -2.43. The number of hydrogen-bond donors (Lipinski definition) is 2. The first-order valence-electron chi connectivity index (χ1n) is 7.08. The van der Waals surface area contributed by atoms with Gasteiger partial charge in [0.15, 0.2) is 0 Å². The Hall–Kier alpha value is -1.55. The van der Waals surface area contributed by atoms with Crippen LogP contribution < -0.4 is 15.5 Å². The summed E-state index contributed by atoms with van der Waals surface area (Å²) in [7, 11) is 0. The maximum Gasteiger partial charge on any atom is 0.220 e. The Morgan fingerprint density at radius 3 is 3.00 bits per heavy atom. The fourth-order valence-electron chi connectivity index (χ4n) is 3.00. The van der Waals surface area contributed by atoms with Gasteiger partial charge in [-0.15, -0.1) is 0 Å². The van der Waals surface area contributed by atoms with Crippen molar-refractivity contribution in [2.75, 3.05) is 18.0 Å². The Labute approximate surface area is 114 Å². The van der Waals surface area contributed by atoms with Gasteiger partial charge >= 0.3 is 0 Å². The first-order valence-corrected chi connectivity index (χ1v) is 7.08. The Balaban J connectivity index is 1.80. The summed E-state index contributed by atoms with van der Waals surface area (Å²) in [5, 5.41) is 6.60. The molecule has 2 unspecified atom stereocenters. The molecular formula is C15H21N3O. The van der Waals surface area contributed by atoms with Gasteiger partial charge < -0.3 is 15.5 Å². The van der Waals surface area contributed by atoms with E-state index in [4.69, 9.17) is 0 Å². The highest BCUT2D eigenvalue weighted by molar-refractivity contribution is 5.78. The van der Waals surface area contributed by atoms with Crippen molar-refractivity contribution in [3.05, 3.63) is 29.8 Å². The van der Waals surface area contributed by atoms with Crippen molar-refractivity contribution in [2.24, 2.45) is 0 Å². The summed E-state index contributed by atoms with van der Waals surface area (Å²) in [5.74, 6) is 0.194. The number of anilines is 1. The van der Waals surface area contributed by atoms with Crippen LogP contribution in [0.3, 0.4) is 0 Å². The summed E-state index contributed by atoms with van der Waals surface area (Å²) in [5.41, 5.74) is 2.65. The van der Waals surface area contributed by atoms with Crippen molar-refractivity contribution in [1.29, 1.82) is 0 Å². The number of amides is 1. The summed E-state index contributed by atoms with van der Waals surface area (Å²) in [6.45, 7) is 5.04. The molecule has 2 atom stereocenters. The maximum atomic E-state index is 11.3. The van der Waals surface area contributed by atoms with Crippen molar-refractivity contribution in [1.82, 2.24) is 10.6 Å². The monoisotopic (exact) mass is 259 g/mol. The summed E-state index contributed by atoms with van der Waals surface area (Å²) >= 11 is 0. The molecule has 102 valence electrons. The molecule has 1 amide bonds. The van der Waals surface area contributed by atoms with E-state index in [1.807, 2.05) is 0 Å². The highest BCUT2D eigenvalue weighted by Crippen LogP contribution is 2.24. The Bertz CT molecular complexity index is 474. The van der Waals surface area contributed by atoms with Gasteiger partial charge in [-0.05, 0) is 25.0 Å². The molecule has 2 aliphatic rings. The van der Waals surface area contributed by atoms with Crippen LogP contribution in [0.25, 0.3) is 0 Å². The second-order valence-corrected chi connectivity index (χ2v) is 5.62. The van der Waals surface area contributed by atoms with E-state index >= 15 is 0 Å². The van der Waals surface area contributed by atoms with Gasteiger partial charge in [0.1, 0.15) is 0 Å². The third-order valence-electron chi connectivity index (χ3n) is 3.99. The van der Waals surface area contributed by atoms with Gasteiger partial charge in [0.05, 0.1) is 0 Å². The van der Waals surface area contributed by atoms with Crippen molar-refractivity contribution in [2.45, 2.75) is 38.4 Å². The van der Waals surface area contributed by atoms with Gasteiger partial charge in [0.2, 0.25) is 5.91 Å². The van der Waals surface area contributed by atoms with E-state index < -0.39 is 0 Å². The molecule has 1 aromatic rings. The molecule has 1 aromatic carbocycles. The molecule has 1 saturated heterocycles. The van der Waals surface area contributed by atoms with E-state index in [9.17, 15) is 4.79 Å². The number of rotatable bonds is 2. The zero-order valence-corrected chi connectivity index (χ0v) is 11.4. The maximum absolute atomic E-state index is 11.3. The molecule has 0 radical (unpaired) electrons. The highest BCUT2D eigenvalue weighted by Gasteiger charge is 2.26. The zero-order valence-electron chi connectivity index (χ0n) is 11.4. The van der Waals surface area contributed by atoms with Crippen molar-refractivity contribution >= 4 is 11.6 Å². The van der Waals surface area contributed by atoms with Crippen LogP contribution in [0.1, 0.15) is 25.3 Å². The molecule has 0 aliphatic carbocycles. The average molecular weight is 259 g/mol. The van der Waals surface area contributed by atoms with Gasteiger partial charge in [0, 0.05) is 43.8 Å². The molecule has 0 spiro atoms. The molecule has 3 rings (SSSR count). The first-order chi connectivity index (χ1) is 9.22. The molecule has 19 heavy (non-hydrogen) atoms. The Kier molecular flexibility index (Phi) is 3.42. The summed E-state index contributed by atoms with van der Waals surface area (Å²) in [4.78, 5) is 13.7. The van der Waals surface area contributed by atoms with E-state index in [0.717, 1.165) is 26.1 Å². The molecule has 2 N–H and O–H groups in total. The lowest BCUT2D eigenvalue weighted by atomic mass is 10.1. The number of carbonyl (C=O) groups is 1. The number of nitrogens with zero attached hydrogens (tertiary/aromatic N) is 1. The van der Waals surface area contributed by atoms with Crippen LogP contribution in [0.4, 0.5) is 5.69 Å². The van der Waals surface area contributed by atoms with Crippen LogP contribution in [0.2, 0.25) is 0 Å². The lowest BCUT2D eigenvalue weighted by molar-refractivity contribution is -0.119. The van der Waals surface area contributed by atoms with Crippen molar-refractivity contribution in [3.63, 3.8) is 0 Å². The molecule has 2 heterocycles. The van der Waals surface area contributed by atoms with E-state index in [1.165, 1.54) is 11.3 Å². The van der Waals surface area contributed by atoms with Crippen LogP contribution in [0.5, 0.6) is 0 Å². The van der Waals surface area contributed by atoms with Gasteiger partial charge in [0.25, 0.3) is 0 Å². The smallest absolute Gasteiger partial charge is 0.220 e. The Morgan fingerprint density at radius 1 is 1.37 bits per heavy atom.